The van der Waals surface area contributed by atoms with Crippen molar-refractivity contribution in [3.05, 3.63) is 23.9 Å². The highest BCUT2D eigenvalue weighted by Gasteiger charge is 2.26. The van der Waals surface area contributed by atoms with Gasteiger partial charge in [-0.3, -0.25) is 0 Å². The number of piperidine rings is 1. The summed E-state index contributed by atoms with van der Waals surface area (Å²) >= 11 is 0. The molecular formula is C13H18N2O2. The standard InChI is InChI=1S/C13H18N2O2/c1-9-5-3-6-10(2)15(9)12-8-4-7-11(14-12)13(16)17/h4,7-10H,3,5-6H2,1-2H3,(H,16,17). The average Bonchev–Trinajstić information content (AvgIpc) is 2.29. The molecule has 0 radical (unpaired) electrons. The summed E-state index contributed by atoms with van der Waals surface area (Å²) in [7, 11) is 0. The zero-order chi connectivity index (χ0) is 12.4. The molecule has 1 aliphatic rings. The van der Waals surface area contributed by atoms with Crippen LogP contribution >= 0.6 is 0 Å². The van der Waals surface area contributed by atoms with Gasteiger partial charge in [-0.2, -0.15) is 0 Å². The van der Waals surface area contributed by atoms with E-state index in [1.165, 1.54) is 12.5 Å². The number of nitrogens with zero attached hydrogens (tertiary/aromatic N) is 2. The monoisotopic (exact) mass is 234 g/mol. The Bertz CT molecular complexity index is 410. The fourth-order valence-electron chi connectivity index (χ4n) is 2.56. The molecule has 92 valence electrons. The van der Waals surface area contributed by atoms with Crippen molar-refractivity contribution in [1.82, 2.24) is 4.98 Å². The molecule has 0 spiro atoms. The number of carboxylic acids is 1. The van der Waals surface area contributed by atoms with Crippen LogP contribution in [0.2, 0.25) is 0 Å². The second kappa shape index (κ2) is 4.73. The Morgan fingerprint density at radius 2 is 2.00 bits per heavy atom. The Kier molecular flexibility index (Phi) is 3.31. The molecular weight excluding hydrogens is 216 g/mol. The number of hydrogen-bond acceptors (Lipinski definition) is 3. The van der Waals surface area contributed by atoms with Gasteiger partial charge in [0.1, 0.15) is 5.82 Å². The van der Waals surface area contributed by atoms with Crippen LogP contribution in [0.1, 0.15) is 43.6 Å². The van der Waals surface area contributed by atoms with E-state index >= 15 is 0 Å². The van der Waals surface area contributed by atoms with E-state index in [0.717, 1.165) is 18.7 Å². The zero-order valence-electron chi connectivity index (χ0n) is 10.3. The lowest BCUT2D eigenvalue weighted by molar-refractivity contribution is 0.0690. The van der Waals surface area contributed by atoms with Gasteiger partial charge < -0.3 is 10.0 Å². The van der Waals surface area contributed by atoms with E-state index in [-0.39, 0.29) is 5.69 Å². The molecule has 0 saturated carbocycles. The number of carboxylic acid groups (broad SMARTS) is 1. The first-order valence-electron chi connectivity index (χ1n) is 6.08. The third-order valence-corrected chi connectivity index (χ3v) is 3.41. The summed E-state index contributed by atoms with van der Waals surface area (Å²) in [4.78, 5) is 17.4. The van der Waals surface area contributed by atoms with Gasteiger partial charge in [-0.25, -0.2) is 9.78 Å². The van der Waals surface area contributed by atoms with E-state index in [0.29, 0.717) is 12.1 Å². The van der Waals surface area contributed by atoms with Gasteiger partial charge >= 0.3 is 5.97 Å². The number of rotatable bonds is 2. The van der Waals surface area contributed by atoms with Crippen molar-refractivity contribution in [3.8, 4) is 0 Å². The van der Waals surface area contributed by atoms with Gasteiger partial charge in [0, 0.05) is 12.1 Å². The van der Waals surface area contributed by atoms with Gasteiger partial charge in [0.2, 0.25) is 0 Å². The average molecular weight is 234 g/mol. The summed E-state index contributed by atoms with van der Waals surface area (Å²) in [5.74, 6) is -0.186. The Morgan fingerprint density at radius 3 is 2.59 bits per heavy atom. The lowest BCUT2D eigenvalue weighted by Gasteiger charge is -2.40. The van der Waals surface area contributed by atoms with Crippen LogP contribution in [0.25, 0.3) is 0 Å². The highest BCUT2D eigenvalue weighted by atomic mass is 16.4. The summed E-state index contributed by atoms with van der Waals surface area (Å²) < 4.78 is 0. The maximum atomic E-state index is 10.9. The molecule has 0 aromatic carbocycles. The second-order valence-corrected chi connectivity index (χ2v) is 4.72. The number of aromatic nitrogens is 1. The normalized spacial score (nSPS) is 24.7. The minimum absolute atomic E-state index is 0.118. The minimum atomic E-state index is -0.968. The number of anilines is 1. The summed E-state index contributed by atoms with van der Waals surface area (Å²) in [6.07, 6.45) is 3.52. The zero-order valence-corrected chi connectivity index (χ0v) is 10.3. The molecule has 2 unspecified atom stereocenters. The summed E-state index contributed by atoms with van der Waals surface area (Å²) in [6, 6.07) is 6.04. The quantitative estimate of drug-likeness (QED) is 0.854. The van der Waals surface area contributed by atoms with Crippen LogP contribution in [0.4, 0.5) is 5.82 Å². The van der Waals surface area contributed by atoms with Crippen molar-refractivity contribution in [2.75, 3.05) is 4.90 Å². The molecule has 2 atom stereocenters. The second-order valence-electron chi connectivity index (χ2n) is 4.72. The van der Waals surface area contributed by atoms with Gasteiger partial charge in [0.25, 0.3) is 0 Å². The third-order valence-electron chi connectivity index (χ3n) is 3.41. The van der Waals surface area contributed by atoms with Crippen LogP contribution in [-0.4, -0.2) is 28.1 Å². The Morgan fingerprint density at radius 1 is 1.35 bits per heavy atom. The highest BCUT2D eigenvalue weighted by molar-refractivity contribution is 5.85. The number of carbonyl (C=O) groups is 1. The van der Waals surface area contributed by atoms with E-state index in [1.54, 1.807) is 6.07 Å². The molecule has 17 heavy (non-hydrogen) atoms. The highest BCUT2D eigenvalue weighted by Crippen LogP contribution is 2.27. The van der Waals surface area contributed by atoms with E-state index in [4.69, 9.17) is 5.11 Å². The SMILES string of the molecule is CC1CCCC(C)N1c1cccc(C(=O)O)n1. The molecule has 2 rings (SSSR count). The van der Waals surface area contributed by atoms with Crippen LogP contribution in [0.3, 0.4) is 0 Å². The van der Waals surface area contributed by atoms with E-state index in [9.17, 15) is 4.79 Å². The van der Waals surface area contributed by atoms with Gasteiger partial charge in [0.05, 0.1) is 0 Å². The maximum Gasteiger partial charge on any atom is 0.354 e. The van der Waals surface area contributed by atoms with Crippen LogP contribution in [0.5, 0.6) is 0 Å². The van der Waals surface area contributed by atoms with Crippen molar-refractivity contribution in [3.63, 3.8) is 0 Å². The summed E-state index contributed by atoms with van der Waals surface area (Å²) in [5, 5.41) is 8.96. The molecule has 4 heteroatoms. The maximum absolute atomic E-state index is 10.9. The predicted molar refractivity (Wildman–Crippen MR) is 66.5 cm³/mol. The predicted octanol–water partition coefficient (Wildman–Crippen LogP) is 2.55. The number of hydrogen-bond donors (Lipinski definition) is 1. The third kappa shape index (κ3) is 2.40. The van der Waals surface area contributed by atoms with Crippen LogP contribution in [0.15, 0.2) is 18.2 Å². The first-order chi connectivity index (χ1) is 8.09. The molecule has 0 amide bonds. The molecule has 0 bridgehead atoms. The Balaban J connectivity index is 2.31. The minimum Gasteiger partial charge on any atom is -0.477 e. The molecule has 1 aromatic heterocycles. The fraction of sp³-hybridized carbons (Fsp3) is 0.538. The van der Waals surface area contributed by atoms with Crippen molar-refractivity contribution < 1.29 is 9.90 Å². The summed E-state index contributed by atoms with van der Waals surface area (Å²) in [6.45, 7) is 4.34. The van der Waals surface area contributed by atoms with Gasteiger partial charge in [-0.1, -0.05) is 6.07 Å². The molecule has 2 heterocycles. The first-order valence-corrected chi connectivity index (χ1v) is 6.08. The smallest absolute Gasteiger partial charge is 0.354 e. The Hall–Kier alpha value is -1.58. The fourth-order valence-corrected chi connectivity index (χ4v) is 2.56. The van der Waals surface area contributed by atoms with Crippen LogP contribution < -0.4 is 4.90 Å². The summed E-state index contributed by atoms with van der Waals surface area (Å²) in [5.41, 5.74) is 0.118. The largest absolute Gasteiger partial charge is 0.477 e. The number of pyridine rings is 1. The molecule has 1 saturated heterocycles. The van der Waals surface area contributed by atoms with E-state index < -0.39 is 5.97 Å². The van der Waals surface area contributed by atoms with Gasteiger partial charge in [-0.05, 0) is 45.2 Å². The lowest BCUT2D eigenvalue weighted by atomic mass is 9.97. The van der Waals surface area contributed by atoms with Crippen molar-refractivity contribution >= 4 is 11.8 Å². The molecule has 1 aromatic rings. The van der Waals surface area contributed by atoms with Crippen molar-refractivity contribution in [1.29, 1.82) is 0 Å². The van der Waals surface area contributed by atoms with Crippen LogP contribution in [0, 0.1) is 0 Å². The first kappa shape index (κ1) is 11.9. The van der Waals surface area contributed by atoms with Crippen LogP contribution in [-0.2, 0) is 0 Å². The Labute approximate surface area is 101 Å². The van der Waals surface area contributed by atoms with Crippen molar-refractivity contribution in [2.45, 2.75) is 45.2 Å². The van der Waals surface area contributed by atoms with Gasteiger partial charge in [0.15, 0.2) is 5.69 Å². The number of aromatic carboxylic acids is 1. The molecule has 4 nitrogen and oxygen atoms in total. The lowest BCUT2D eigenvalue weighted by Crippen LogP contribution is -2.44. The van der Waals surface area contributed by atoms with Gasteiger partial charge in [-0.15, -0.1) is 0 Å². The molecule has 1 N–H and O–H groups in total. The molecule has 1 aliphatic heterocycles. The topological polar surface area (TPSA) is 53.4 Å². The molecule has 0 aliphatic carbocycles. The van der Waals surface area contributed by atoms with E-state index in [1.807, 2.05) is 6.07 Å². The molecule has 1 fully saturated rings. The van der Waals surface area contributed by atoms with E-state index in [2.05, 4.69) is 23.7 Å². The van der Waals surface area contributed by atoms with Crippen molar-refractivity contribution in [2.24, 2.45) is 0 Å².